The molecule has 160 valence electrons. The first-order chi connectivity index (χ1) is 14.8. The fraction of sp³-hybridized carbons (Fsp3) is 0.304. The van der Waals surface area contributed by atoms with Gasteiger partial charge in [-0.3, -0.25) is 19.3 Å². The average molecular weight is 420 g/mol. The number of urea groups is 1. The molecule has 1 saturated heterocycles. The van der Waals surface area contributed by atoms with Crippen molar-refractivity contribution in [3.63, 3.8) is 0 Å². The Kier molecular flexibility index (Phi) is 5.22. The van der Waals surface area contributed by atoms with E-state index in [0.717, 1.165) is 29.7 Å². The lowest BCUT2D eigenvalue weighted by atomic mass is 9.89. The zero-order chi connectivity index (χ0) is 22.2. The lowest BCUT2D eigenvalue weighted by Gasteiger charge is -2.23. The summed E-state index contributed by atoms with van der Waals surface area (Å²) in [6.07, 6.45) is 3.08. The third kappa shape index (κ3) is 4.01. The van der Waals surface area contributed by atoms with Gasteiger partial charge < -0.3 is 16.0 Å². The van der Waals surface area contributed by atoms with E-state index in [1.165, 1.54) is 18.1 Å². The molecule has 2 aromatic carbocycles. The van der Waals surface area contributed by atoms with E-state index in [1.54, 1.807) is 31.2 Å². The van der Waals surface area contributed by atoms with Crippen molar-refractivity contribution in [2.24, 2.45) is 0 Å². The quantitative estimate of drug-likeness (QED) is 0.646. The van der Waals surface area contributed by atoms with Crippen LogP contribution in [0.1, 0.15) is 37.0 Å². The Bertz CT molecular complexity index is 1100. The predicted molar refractivity (Wildman–Crippen MR) is 115 cm³/mol. The number of amides is 5. The third-order valence-electron chi connectivity index (χ3n) is 5.72. The van der Waals surface area contributed by atoms with E-state index < -0.39 is 29.9 Å². The van der Waals surface area contributed by atoms with Crippen LogP contribution in [0, 0.1) is 0 Å². The highest BCUT2D eigenvalue weighted by atomic mass is 16.2. The highest BCUT2D eigenvalue weighted by molar-refractivity contribution is 6.10. The minimum absolute atomic E-state index is 0.228. The fourth-order valence-electron chi connectivity index (χ4n) is 4.14. The van der Waals surface area contributed by atoms with Crippen LogP contribution < -0.4 is 16.0 Å². The van der Waals surface area contributed by atoms with Crippen molar-refractivity contribution >= 4 is 35.1 Å². The monoisotopic (exact) mass is 420 g/mol. The number of hydrogen-bond acceptors (Lipinski definition) is 4. The fourth-order valence-corrected chi connectivity index (χ4v) is 4.14. The number of nitrogens with zero attached hydrogens (tertiary/aromatic N) is 1. The molecule has 8 nitrogen and oxygen atoms in total. The van der Waals surface area contributed by atoms with E-state index in [0.29, 0.717) is 11.4 Å². The van der Waals surface area contributed by atoms with Crippen molar-refractivity contribution in [1.29, 1.82) is 0 Å². The van der Waals surface area contributed by atoms with E-state index in [4.69, 9.17) is 0 Å². The van der Waals surface area contributed by atoms with Gasteiger partial charge in [-0.15, -0.1) is 0 Å². The lowest BCUT2D eigenvalue weighted by molar-refractivity contribution is -0.133. The average Bonchev–Trinajstić information content (AvgIpc) is 3.26. The number of rotatable bonds is 5. The number of nitrogens with one attached hydrogen (secondary N) is 3. The number of fused-ring (bicyclic) bond motifs is 1. The summed E-state index contributed by atoms with van der Waals surface area (Å²) in [5, 5.41) is 8.04. The van der Waals surface area contributed by atoms with Crippen molar-refractivity contribution in [2.45, 2.75) is 38.6 Å². The summed E-state index contributed by atoms with van der Waals surface area (Å²) in [6, 6.07) is 11.9. The smallest absolute Gasteiger partial charge is 0.325 e. The molecule has 5 amide bonds. The first-order valence-electron chi connectivity index (χ1n) is 10.2. The maximum absolute atomic E-state index is 13.1. The molecular formula is C23H24N4O4. The van der Waals surface area contributed by atoms with Gasteiger partial charge in [-0.05, 0) is 61.1 Å². The lowest BCUT2D eigenvalue weighted by Crippen LogP contribution is -2.42. The zero-order valence-corrected chi connectivity index (χ0v) is 17.5. The van der Waals surface area contributed by atoms with Crippen LogP contribution in [0.5, 0.6) is 0 Å². The van der Waals surface area contributed by atoms with E-state index in [9.17, 15) is 19.2 Å². The minimum Gasteiger partial charge on any atom is -0.326 e. The minimum atomic E-state index is -1.21. The van der Waals surface area contributed by atoms with Crippen LogP contribution in [-0.4, -0.2) is 35.2 Å². The number of carbonyl (C=O) groups excluding carboxylic acids is 4. The molecule has 4 rings (SSSR count). The molecule has 0 radical (unpaired) electrons. The Morgan fingerprint density at radius 3 is 2.48 bits per heavy atom. The van der Waals surface area contributed by atoms with Crippen LogP contribution in [0.25, 0.3) is 0 Å². The van der Waals surface area contributed by atoms with Crippen LogP contribution in [0.3, 0.4) is 0 Å². The summed E-state index contributed by atoms with van der Waals surface area (Å²) in [7, 11) is 0. The van der Waals surface area contributed by atoms with Gasteiger partial charge in [-0.25, -0.2) is 4.79 Å². The number of benzene rings is 2. The van der Waals surface area contributed by atoms with Gasteiger partial charge in [0.05, 0.1) is 0 Å². The van der Waals surface area contributed by atoms with Crippen molar-refractivity contribution in [1.82, 2.24) is 10.2 Å². The van der Waals surface area contributed by atoms with Crippen LogP contribution in [0.2, 0.25) is 0 Å². The summed E-state index contributed by atoms with van der Waals surface area (Å²) in [6.45, 7) is 2.65. The Morgan fingerprint density at radius 2 is 1.74 bits per heavy atom. The summed E-state index contributed by atoms with van der Waals surface area (Å²) in [5.74, 6) is -1.20. The third-order valence-corrected chi connectivity index (χ3v) is 5.72. The van der Waals surface area contributed by atoms with Gasteiger partial charge in [-0.2, -0.15) is 0 Å². The molecule has 1 aliphatic heterocycles. The molecule has 0 spiro atoms. The normalized spacial score (nSPS) is 19.7. The van der Waals surface area contributed by atoms with Gasteiger partial charge >= 0.3 is 6.03 Å². The summed E-state index contributed by atoms with van der Waals surface area (Å²) >= 11 is 0. The molecule has 1 aliphatic carbocycles. The van der Waals surface area contributed by atoms with Gasteiger partial charge in [0, 0.05) is 18.3 Å². The van der Waals surface area contributed by atoms with Gasteiger partial charge in [0.1, 0.15) is 12.1 Å². The molecule has 0 bridgehead atoms. The summed E-state index contributed by atoms with van der Waals surface area (Å²) < 4.78 is 0. The summed E-state index contributed by atoms with van der Waals surface area (Å²) in [5.41, 5.74) is 2.98. The summed E-state index contributed by atoms with van der Waals surface area (Å²) in [4.78, 5) is 50.3. The predicted octanol–water partition coefficient (Wildman–Crippen LogP) is 2.54. The second kappa shape index (κ2) is 7.86. The zero-order valence-electron chi connectivity index (χ0n) is 17.5. The Morgan fingerprint density at radius 1 is 1.03 bits per heavy atom. The number of carbonyl (C=O) groups is 4. The Labute approximate surface area is 180 Å². The molecule has 2 aromatic rings. The van der Waals surface area contributed by atoms with Crippen LogP contribution in [0.15, 0.2) is 42.5 Å². The SMILES string of the molecule is CC(=O)Nc1cccc(NC(=O)CN2C(=O)N[C@](C)(c3ccc4c(c3)CCC4)C2=O)c1. The number of hydrogen-bond donors (Lipinski definition) is 3. The topological polar surface area (TPSA) is 108 Å². The molecule has 3 N–H and O–H groups in total. The van der Waals surface area contributed by atoms with E-state index in [2.05, 4.69) is 16.0 Å². The highest BCUT2D eigenvalue weighted by Gasteiger charge is 2.49. The van der Waals surface area contributed by atoms with Crippen molar-refractivity contribution in [2.75, 3.05) is 17.2 Å². The molecule has 8 heteroatoms. The Hall–Kier alpha value is -3.68. The van der Waals surface area contributed by atoms with Gasteiger partial charge in [0.2, 0.25) is 11.8 Å². The van der Waals surface area contributed by atoms with Gasteiger partial charge in [-0.1, -0.05) is 24.3 Å². The van der Waals surface area contributed by atoms with Crippen molar-refractivity contribution in [3.8, 4) is 0 Å². The van der Waals surface area contributed by atoms with Crippen LogP contribution >= 0.6 is 0 Å². The number of aryl methyl sites for hydroxylation is 2. The van der Waals surface area contributed by atoms with Crippen molar-refractivity contribution < 1.29 is 19.2 Å². The molecule has 2 aliphatic rings. The second-order valence-electron chi connectivity index (χ2n) is 8.09. The van der Waals surface area contributed by atoms with Gasteiger partial charge in [0.25, 0.3) is 5.91 Å². The first-order valence-corrected chi connectivity index (χ1v) is 10.2. The van der Waals surface area contributed by atoms with Crippen LogP contribution in [0.4, 0.5) is 16.2 Å². The van der Waals surface area contributed by atoms with Gasteiger partial charge in [0.15, 0.2) is 0 Å². The van der Waals surface area contributed by atoms with E-state index in [1.807, 2.05) is 18.2 Å². The first kappa shape index (κ1) is 20.6. The molecular weight excluding hydrogens is 396 g/mol. The molecule has 1 fully saturated rings. The largest absolute Gasteiger partial charge is 0.326 e. The molecule has 31 heavy (non-hydrogen) atoms. The maximum atomic E-state index is 13.1. The molecule has 1 heterocycles. The number of imide groups is 1. The standard InChI is InChI=1S/C23H24N4O4/c1-14(28)24-18-7-4-8-19(12-18)25-20(29)13-27-21(30)23(2,26-22(27)31)17-10-9-15-5-3-6-16(15)11-17/h4,7-12H,3,5-6,13H2,1-2H3,(H,24,28)(H,25,29)(H,26,31)/t23-/m1/s1. The highest BCUT2D eigenvalue weighted by Crippen LogP contribution is 2.32. The second-order valence-corrected chi connectivity index (χ2v) is 8.09. The Balaban J connectivity index is 1.47. The molecule has 0 saturated carbocycles. The molecule has 0 unspecified atom stereocenters. The molecule has 1 atom stereocenters. The molecule has 0 aromatic heterocycles. The number of anilines is 2. The van der Waals surface area contributed by atoms with Crippen molar-refractivity contribution in [3.05, 3.63) is 59.2 Å². The van der Waals surface area contributed by atoms with E-state index in [-0.39, 0.29) is 5.91 Å². The maximum Gasteiger partial charge on any atom is 0.325 e. The van der Waals surface area contributed by atoms with E-state index >= 15 is 0 Å². The van der Waals surface area contributed by atoms with Crippen LogP contribution in [-0.2, 0) is 32.8 Å².